The predicted molar refractivity (Wildman–Crippen MR) is 119 cm³/mol. The van der Waals surface area contributed by atoms with Crippen LogP contribution in [0.5, 0.6) is 0 Å². The highest BCUT2D eigenvalue weighted by Gasteiger charge is 2.52. The molecule has 31 heavy (non-hydrogen) atoms. The lowest BCUT2D eigenvalue weighted by molar-refractivity contribution is -0.0432. The van der Waals surface area contributed by atoms with Crippen molar-refractivity contribution in [1.29, 1.82) is 0 Å². The normalized spacial score (nSPS) is 26.5. The van der Waals surface area contributed by atoms with Crippen LogP contribution in [0.2, 0.25) is 0 Å². The van der Waals surface area contributed by atoms with E-state index in [2.05, 4.69) is 25.0 Å². The Balaban J connectivity index is 1.60. The second-order valence-electron chi connectivity index (χ2n) is 8.68. The average molecular weight is 440 g/mol. The molecule has 3 aliphatic rings. The maximum Gasteiger partial charge on any atom is 0.205 e. The van der Waals surface area contributed by atoms with Crippen molar-refractivity contribution in [2.24, 2.45) is 15.4 Å². The number of aryl methyl sites for hydroxylation is 1. The number of aliphatic imine (C=N–C) groups is 2. The van der Waals surface area contributed by atoms with E-state index in [9.17, 15) is 0 Å². The number of rotatable bonds is 1. The quantitative estimate of drug-likeness (QED) is 0.572. The topological polar surface area (TPSA) is 76.1 Å². The number of nitrogens with zero attached hydrogens (tertiary/aromatic N) is 5. The van der Waals surface area contributed by atoms with Crippen LogP contribution < -0.4 is 4.90 Å². The Hall–Kier alpha value is -2.65. The highest BCUT2D eigenvalue weighted by molar-refractivity contribution is 7.13. The zero-order valence-electron chi connectivity index (χ0n) is 17.5. The van der Waals surface area contributed by atoms with Crippen molar-refractivity contribution in [2.45, 2.75) is 45.4 Å². The molecule has 7 nitrogen and oxygen atoms in total. The third-order valence-electron chi connectivity index (χ3n) is 6.56. The molecule has 2 aromatic heterocycles. The summed E-state index contributed by atoms with van der Waals surface area (Å²) in [5, 5.41) is 4.91. The van der Waals surface area contributed by atoms with Gasteiger partial charge < -0.3 is 14.2 Å². The lowest BCUT2D eigenvalue weighted by atomic mass is 9.69. The van der Waals surface area contributed by atoms with E-state index in [-0.39, 0.29) is 29.7 Å². The SMILES string of the molecule is Cc1ncsc1-c1noc2c(F)c3c(cc12)CC1(C=NCN=C1)[C@H]1[C@H](C)O[C@H](C)CN31. The van der Waals surface area contributed by atoms with E-state index >= 15 is 4.39 Å². The summed E-state index contributed by atoms with van der Waals surface area (Å²) in [7, 11) is 0. The molecule has 5 heterocycles. The first kappa shape index (κ1) is 19.1. The number of aromatic nitrogens is 2. The van der Waals surface area contributed by atoms with Gasteiger partial charge in [-0.25, -0.2) is 9.37 Å². The molecular formula is C22H22FN5O2S. The Morgan fingerprint density at radius 3 is 2.81 bits per heavy atom. The number of fused-ring (bicyclic) bond motifs is 5. The molecule has 0 amide bonds. The van der Waals surface area contributed by atoms with Crippen molar-refractivity contribution in [3.63, 3.8) is 0 Å². The number of hydrogen-bond donors (Lipinski definition) is 0. The fourth-order valence-electron chi connectivity index (χ4n) is 5.48. The predicted octanol–water partition coefficient (Wildman–Crippen LogP) is 4.04. The minimum absolute atomic E-state index is 0.0213. The lowest BCUT2D eigenvalue weighted by Crippen LogP contribution is -2.65. The van der Waals surface area contributed by atoms with Gasteiger partial charge >= 0.3 is 0 Å². The molecule has 0 unspecified atom stereocenters. The summed E-state index contributed by atoms with van der Waals surface area (Å²) in [6.45, 7) is 7.01. The summed E-state index contributed by atoms with van der Waals surface area (Å²) >= 11 is 1.48. The Kier molecular flexibility index (Phi) is 4.10. The summed E-state index contributed by atoms with van der Waals surface area (Å²) in [6.07, 6.45) is 4.44. The van der Waals surface area contributed by atoms with Gasteiger partial charge in [0.1, 0.15) is 12.4 Å². The summed E-state index contributed by atoms with van der Waals surface area (Å²) < 4.78 is 27.7. The van der Waals surface area contributed by atoms with E-state index in [1.54, 1.807) is 5.51 Å². The smallest absolute Gasteiger partial charge is 0.205 e. The van der Waals surface area contributed by atoms with Gasteiger partial charge in [-0.15, -0.1) is 11.3 Å². The Morgan fingerprint density at radius 2 is 2.06 bits per heavy atom. The van der Waals surface area contributed by atoms with E-state index in [0.717, 1.165) is 16.1 Å². The fraction of sp³-hybridized carbons (Fsp3) is 0.455. The molecule has 3 aliphatic heterocycles. The molecule has 160 valence electrons. The summed E-state index contributed by atoms with van der Waals surface area (Å²) in [5.41, 5.74) is 4.51. The first-order valence-corrected chi connectivity index (χ1v) is 11.3. The molecule has 6 rings (SSSR count). The van der Waals surface area contributed by atoms with Crippen LogP contribution in [0.15, 0.2) is 26.1 Å². The van der Waals surface area contributed by atoms with Gasteiger partial charge in [0, 0.05) is 19.0 Å². The number of hydrogen-bond acceptors (Lipinski definition) is 8. The molecule has 3 aromatic rings. The molecule has 9 heteroatoms. The Morgan fingerprint density at radius 1 is 1.26 bits per heavy atom. The number of halogens is 1. The minimum atomic E-state index is -0.442. The molecule has 0 bridgehead atoms. The van der Waals surface area contributed by atoms with Gasteiger partial charge in [0.05, 0.1) is 50.8 Å². The molecule has 0 N–H and O–H groups in total. The van der Waals surface area contributed by atoms with E-state index < -0.39 is 5.41 Å². The van der Waals surface area contributed by atoms with E-state index in [0.29, 0.717) is 36.4 Å². The first-order valence-electron chi connectivity index (χ1n) is 10.4. The second-order valence-corrected chi connectivity index (χ2v) is 9.53. The highest BCUT2D eigenvalue weighted by Crippen LogP contribution is 2.48. The van der Waals surface area contributed by atoms with Crippen LogP contribution in [0.25, 0.3) is 21.5 Å². The summed E-state index contributed by atoms with van der Waals surface area (Å²) in [5.74, 6) is -0.362. The number of thiazole rings is 1. The number of benzene rings is 1. The number of morpholine rings is 1. The average Bonchev–Trinajstić information content (AvgIpc) is 3.33. The Labute approximate surface area is 182 Å². The fourth-order valence-corrected chi connectivity index (χ4v) is 6.28. The minimum Gasteiger partial charge on any atom is -0.372 e. The lowest BCUT2D eigenvalue weighted by Gasteiger charge is -2.54. The largest absolute Gasteiger partial charge is 0.372 e. The standard InChI is InChI=1S/C22H22FN5O2S/c1-11-6-28-18-14(5-22(7-24-9-25-8-22)21(28)13(3)29-11)4-15-17(20-12(2)26-10-31-20)27-30-19(15)16(18)23/h4,7-8,10-11,13,21H,5-6,9H2,1-3H3/t11-,13+,21-/m1/s1. The monoisotopic (exact) mass is 439 g/mol. The molecule has 0 saturated carbocycles. The first-order chi connectivity index (χ1) is 15.0. The van der Waals surface area contributed by atoms with Crippen LogP contribution in [-0.2, 0) is 11.2 Å². The van der Waals surface area contributed by atoms with Gasteiger partial charge in [-0.05, 0) is 38.8 Å². The third-order valence-corrected chi connectivity index (χ3v) is 7.50. The van der Waals surface area contributed by atoms with Gasteiger partial charge in [0.15, 0.2) is 5.82 Å². The van der Waals surface area contributed by atoms with Gasteiger partial charge in [0.2, 0.25) is 5.58 Å². The van der Waals surface area contributed by atoms with Crippen LogP contribution in [-0.4, -0.2) is 54.0 Å². The van der Waals surface area contributed by atoms with Gasteiger partial charge in [-0.2, -0.15) is 0 Å². The number of ether oxygens (including phenoxy) is 1. The zero-order valence-corrected chi connectivity index (χ0v) is 18.3. The van der Waals surface area contributed by atoms with Crippen LogP contribution in [0.1, 0.15) is 25.1 Å². The molecule has 3 atom stereocenters. The molecule has 1 saturated heterocycles. The van der Waals surface area contributed by atoms with Gasteiger partial charge in [0.25, 0.3) is 0 Å². The van der Waals surface area contributed by atoms with E-state index in [1.807, 2.05) is 39.3 Å². The van der Waals surface area contributed by atoms with Gasteiger partial charge in [-0.1, -0.05) is 5.16 Å². The van der Waals surface area contributed by atoms with Crippen LogP contribution >= 0.6 is 11.3 Å². The summed E-state index contributed by atoms with van der Waals surface area (Å²) in [4.78, 5) is 16.3. The third kappa shape index (κ3) is 2.66. The van der Waals surface area contributed by atoms with E-state index in [4.69, 9.17) is 9.26 Å². The second kappa shape index (κ2) is 6.67. The van der Waals surface area contributed by atoms with Crippen molar-refractivity contribution in [3.8, 4) is 10.6 Å². The van der Waals surface area contributed by atoms with Crippen LogP contribution in [0, 0.1) is 18.2 Å². The molecule has 0 aliphatic carbocycles. The maximum atomic E-state index is 16.0. The molecule has 1 spiro atoms. The zero-order chi connectivity index (χ0) is 21.3. The molecule has 0 radical (unpaired) electrons. The Bertz CT molecular complexity index is 1240. The molecular weight excluding hydrogens is 417 g/mol. The van der Waals surface area contributed by atoms with Crippen molar-refractivity contribution in [1.82, 2.24) is 10.1 Å². The van der Waals surface area contributed by atoms with Gasteiger partial charge in [-0.3, -0.25) is 9.98 Å². The van der Waals surface area contributed by atoms with Crippen molar-refractivity contribution < 1.29 is 13.7 Å². The maximum absolute atomic E-state index is 16.0. The molecule has 1 aromatic carbocycles. The molecule has 1 fully saturated rings. The van der Waals surface area contributed by atoms with Crippen LogP contribution in [0.4, 0.5) is 10.1 Å². The number of anilines is 1. The van der Waals surface area contributed by atoms with Crippen molar-refractivity contribution in [3.05, 3.63) is 28.7 Å². The van der Waals surface area contributed by atoms with Crippen molar-refractivity contribution in [2.75, 3.05) is 18.1 Å². The summed E-state index contributed by atoms with van der Waals surface area (Å²) in [6, 6.07) is 1.93. The van der Waals surface area contributed by atoms with Crippen molar-refractivity contribution >= 4 is 40.4 Å². The van der Waals surface area contributed by atoms with E-state index in [1.165, 1.54) is 11.3 Å². The highest BCUT2D eigenvalue weighted by atomic mass is 32.1. The van der Waals surface area contributed by atoms with Crippen LogP contribution in [0.3, 0.4) is 0 Å².